The van der Waals surface area contributed by atoms with Gasteiger partial charge in [-0.1, -0.05) is 18.2 Å². The predicted molar refractivity (Wildman–Crippen MR) is 81.0 cm³/mol. The summed E-state index contributed by atoms with van der Waals surface area (Å²) in [6, 6.07) is 8.00. The number of para-hydroxylation sites is 1. The fourth-order valence-corrected chi connectivity index (χ4v) is 2.09. The van der Waals surface area contributed by atoms with Crippen molar-refractivity contribution in [2.24, 2.45) is 0 Å². The van der Waals surface area contributed by atoms with Gasteiger partial charge in [-0.05, 0) is 12.1 Å². The van der Waals surface area contributed by atoms with Crippen molar-refractivity contribution in [3.05, 3.63) is 48.7 Å². The number of nitrogens with zero attached hydrogens (tertiary/aromatic N) is 3. The average molecular weight is 314 g/mol. The molecule has 1 unspecified atom stereocenters. The monoisotopic (exact) mass is 314 g/mol. The van der Waals surface area contributed by atoms with Crippen LogP contribution in [-0.4, -0.2) is 49.4 Å². The zero-order valence-corrected chi connectivity index (χ0v) is 11.9. The smallest absolute Gasteiger partial charge is 0.268 e. The van der Waals surface area contributed by atoms with Gasteiger partial charge in [0.2, 0.25) is 0 Å². The summed E-state index contributed by atoms with van der Waals surface area (Å²) in [4.78, 5) is 27.2. The molecule has 118 valence electrons. The minimum Gasteiger partial charge on any atom is -0.394 e. The molecule has 0 radical (unpaired) electrons. The lowest BCUT2D eigenvalue weighted by molar-refractivity contribution is -0.119. The van der Waals surface area contributed by atoms with E-state index in [-0.39, 0.29) is 0 Å². The molecule has 0 fully saturated rings. The van der Waals surface area contributed by atoms with Crippen molar-refractivity contribution in [1.29, 1.82) is 0 Å². The molecule has 23 heavy (non-hydrogen) atoms. The van der Waals surface area contributed by atoms with E-state index in [1.54, 1.807) is 6.07 Å². The number of carbonyl (C=O) groups excluding carboxylic acids is 2. The van der Waals surface area contributed by atoms with Crippen LogP contribution in [0.3, 0.4) is 0 Å². The molecule has 0 aliphatic carbocycles. The number of aliphatic hydroxyl groups excluding tert-OH is 1. The fraction of sp³-hybridized carbons (Fsp3) is 0.143. The Morgan fingerprint density at radius 3 is 2.70 bits per heavy atom. The van der Waals surface area contributed by atoms with Gasteiger partial charge in [-0.3, -0.25) is 15.0 Å². The van der Waals surface area contributed by atoms with Crippen LogP contribution in [0.25, 0.3) is 10.9 Å². The van der Waals surface area contributed by atoms with Gasteiger partial charge in [0.05, 0.1) is 6.61 Å². The molecule has 3 aromatic rings. The summed E-state index contributed by atoms with van der Waals surface area (Å²) in [6.45, 7) is -0.542. The second-order valence-electron chi connectivity index (χ2n) is 4.82. The summed E-state index contributed by atoms with van der Waals surface area (Å²) in [7, 11) is 0. The van der Waals surface area contributed by atoms with Crippen molar-refractivity contribution < 1.29 is 14.7 Å². The zero-order valence-electron chi connectivity index (χ0n) is 11.9. The van der Waals surface area contributed by atoms with Crippen molar-refractivity contribution in [2.45, 2.75) is 6.04 Å². The minimum absolute atomic E-state index is 0.307. The van der Waals surface area contributed by atoms with Gasteiger partial charge >= 0.3 is 0 Å². The fourth-order valence-electron chi connectivity index (χ4n) is 2.09. The molecule has 0 aliphatic heterocycles. The zero-order chi connectivity index (χ0) is 16.2. The molecule has 2 aromatic heterocycles. The predicted octanol–water partition coefficient (Wildman–Crippen LogP) is -0.380. The highest BCUT2D eigenvalue weighted by molar-refractivity contribution is 6.01. The van der Waals surface area contributed by atoms with Crippen molar-refractivity contribution in [3.8, 4) is 0 Å². The number of nitrogens with one attached hydrogen (secondary N) is 3. The van der Waals surface area contributed by atoms with Gasteiger partial charge in [-0.15, -0.1) is 10.2 Å². The number of hydrogen-bond acceptors (Lipinski definition) is 5. The van der Waals surface area contributed by atoms with Crippen LogP contribution in [-0.2, 0) is 4.79 Å². The molecule has 2 heterocycles. The Balaban J connectivity index is 1.70. The van der Waals surface area contributed by atoms with E-state index >= 15 is 0 Å². The van der Waals surface area contributed by atoms with Crippen molar-refractivity contribution >= 4 is 22.7 Å². The van der Waals surface area contributed by atoms with Crippen LogP contribution in [0.2, 0.25) is 0 Å². The molecule has 2 amide bonds. The van der Waals surface area contributed by atoms with Crippen LogP contribution in [0.4, 0.5) is 0 Å². The van der Waals surface area contributed by atoms with Gasteiger partial charge in [0.25, 0.3) is 11.8 Å². The first kappa shape index (κ1) is 14.7. The number of amides is 2. The third-order valence-corrected chi connectivity index (χ3v) is 3.24. The van der Waals surface area contributed by atoms with Crippen LogP contribution < -0.4 is 10.7 Å². The highest BCUT2D eigenvalue weighted by atomic mass is 16.3. The van der Waals surface area contributed by atoms with E-state index in [1.165, 1.54) is 17.3 Å². The largest absolute Gasteiger partial charge is 0.394 e. The maximum atomic E-state index is 12.2. The number of H-pyrrole nitrogens is 1. The maximum absolute atomic E-state index is 12.2. The normalized spacial score (nSPS) is 12.0. The highest BCUT2D eigenvalue weighted by Crippen LogP contribution is 2.14. The second kappa shape index (κ2) is 6.28. The highest BCUT2D eigenvalue weighted by Gasteiger charge is 2.21. The Kier molecular flexibility index (Phi) is 4.02. The average Bonchev–Trinajstić information content (AvgIpc) is 3.20. The van der Waals surface area contributed by atoms with E-state index in [2.05, 4.69) is 25.9 Å². The SMILES string of the molecule is O=C(NC(CO)C(=O)Nn1cnnc1)c1cc2ccccc2[nH]1. The summed E-state index contributed by atoms with van der Waals surface area (Å²) in [5, 5.41) is 19.8. The molecule has 0 spiro atoms. The number of aliphatic hydroxyl groups is 1. The van der Waals surface area contributed by atoms with Gasteiger partial charge < -0.3 is 15.4 Å². The molecule has 9 heteroatoms. The molecule has 3 rings (SSSR count). The summed E-state index contributed by atoms with van der Waals surface area (Å²) in [5.74, 6) is -1.07. The van der Waals surface area contributed by atoms with E-state index in [9.17, 15) is 14.7 Å². The van der Waals surface area contributed by atoms with Crippen molar-refractivity contribution in [1.82, 2.24) is 25.2 Å². The van der Waals surface area contributed by atoms with Gasteiger partial charge in [0.15, 0.2) is 0 Å². The summed E-state index contributed by atoms with van der Waals surface area (Å²) >= 11 is 0. The van der Waals surface area contributed by atoms with Crippen LogP contribution in [0, 0.1) is 0 Å². The lowest BCUT2D eigenvalue weighted by Gasteiger charge is -2.15. The number of fused-ring (bicyclic) bond motifs is 1. The van der Waals surface area contributed by atoms with Crippen molar-refractivity contribution in [2.75, 3.05) is 12.0 Å². The number of hydrogen-bond donors (Lipinski definition) is 4. The Labute approximate surface area is 130 Å². The van der Waals surface area contributed by atoms with Gasteiger partial charge in [-0.2, -0.15) is 0 Å². The van der Waals surface area contributed by atoms with Gasteiger partial charge in [-0.25, -0.2) is 4.68 Å². The first-order valence-corrected chi connectivity index (χ1v) is 6.82. The van der Waals surface area contributed by atoms with Gasteiger partial charge in [0.1, 0.15) is 24.4 Å². The molecular formula is C14H14N6O3. The molecule has 1 atom stereocenters. The van der Waals surface area contributed by atoms with Gasteiger partial charge in [0, 0.05) is 10.9 Å². The maximum Gasteiger partial charge on any atom is 0.268 e. The van der Waals surface area contributed by atoms with E-state index in [0.29, 0.717) is 5.69 Å². The number of aromatic amines is 1. The summed E-state index contributed by atoms with van der Waals surface area (Å²) in [6.07, 6.45) is 2.57. The topological polar surface area (TPSA) is 125 Å². The Morgan fingerprint density at radius 2 is 2.00 bits per heavy atom. The Morgan fingerprint density at radius 1 is 1.26 bits per heavy atom. The summed E-state index contributed by atoms with van der Waals surface area (Å²) in [5.41, 5.74) is 3.54. The lowest BCUT2D eigenvalue weighted by atomic mass is 10.2. The third kappa shape index (κ3) is 3.19. The Bertz CT molecular complexity index is 793. The quantitative estimate of drug-likeness (QED) is 0.511. The molecule has 4 N–H and O–H groups in total. The molecule has 0 aliphatic rings. The van der Waals surface area contributed by atoms with Crippen LogP contribution in [0.1, 0.15) is 10.5 Å². The second-order valence-corrected chi connectivity index (χ2v) is 4.82. The van der Waals surface area contributed by atoms with E-state index in [4.69, 9.17) is 0 Å². The molecule has 0 bridgehead atoms. The number of carbonyl (C=O) groups is 2. The Hall–Kier alpha value is -3.20. The number of benzene rings is 1. The first-order chi connectivity index (χ1) is 11.2. The molecule has 9 nitrogen and oxygen atoms in total. The summed E-state index contributed by atoms with van der Waals surface area (Å²) < 4.78 is 1.22. The van der Waals surface area contributed by atoms with Crippen LogP contribution in [0.15, 0.2) is 43.0 Å². The van der Waals surface area contributed by atoms with Crippen molar-refractivity contribution in [3.63, 3.8) is 0 Å². The molecule has 0 saturated carbocycles. The molecular weight excluding hydrogens is 300 g/mol. The van der Waals surface area contributed by atoms with E-state index in [1.807, 2.05) is 24.3 Å². The van der Waals surface area contributed by atoms with E-state index in [0.717, 1.165) is 10.9 Å². The first-order valence-electron chi connectivity index (χ1n) is 6.82. The molecule has 1 aromatic carbocycles. The minimum atomic E-state index is -1.10. The molecule has 0 saturated heterocycles. The number of rotatable bonds is 5. The lowest BCUT2D eigenvalue weighted by Crippen LogP contribution is -2.47. The standard InChI is InChI=1S/C14H14N6O3/c21-6-12(14(23)19-20-7-15-16-8-20)18-13(22)11-5-9-3-1-2-4-10(9)17-11/h1-5,7-8,12,17,21H,6H2,(H,18,22)(H,19,23). The van der Waals surface area contributed by atoms with Crippen LogP contribution >= 0.6 is 0 Å². The number of aromatic nitrogens is 4. The van der Waals surface area contributed by atoms with Crippen LogP contribution in [0.5, 0.6) is 0 Å². The van der Waals surface area contributed by atoms with E-state index < -0.39 is 24.5 Å². The third-order valence-electron chi connectivity index (χ3n) is 3.24.